The van der Waals surface area contributed by atoms with E-state index in [0.29, 0.717) is 29.1 Å². The molecule has 3 N–H and O–H groups in total. The van der Waals surface area contributed by atoms with Gasteiger partial charge in [0.15, 0.2) is 0 Å². The van der Waals surface area contributed by atoms with Gasteiger partial charge in [-0.05, 0) is 42.3 Å². The van der Waals surface area contributed by atoms with Gasteiger partial charge in [-0.25, -0.2) is 9.18 Å². The largest absolute Gasteiger partial charge is 0.469 e. The van der Waals surface area contributed by atoms with Gasteiger partial charge < -0.3 is 25.2 Å². The fourth-order valence-electron chi connectivity index (χ4n) is 3.47. The molecule has 4 aromatic rings. The third kappa shape index (κ3) is 6.57. The van der Waals surface area contributed by atoms with Gasteiger partial charge in [-0.2, -0.15) is 0 Å². The van der Waals surface area contributed by atoms with Crippen LogP contribution in [-0.2, 0) is 16.0 Å². The van der Waals surface area contributed by atoms with Crippen LogP contribution in [0.2, 0.25) is 0 Å². The molecule has 37 heavy (non-hydrogen) atoms. The molecule has 0 spiro atoms. The number of halogens is 1. The van der Waals surface area contributed by atoms with Crippen molar-refractivity contribution in [3.05, 3.63) is 96.0 Å². The highest BCUT2D eigenvalue weighted by Gasteiger charge is 2.16. The lowest BCUT2D eigenvalue weighted by Crippen LogP contribution is -2.20. The molecule has 1 aromatic heterocycles. The number of nitrogens with zero attached hydrogens (tertiary/aromatic N) is 1. The number of aryl methyl sites for hydroxylation is 1. The van der Waals surface area contributed by atoms with Gasteiger partial charge in [0.1, 0.15) is 11.5 Å². The number of hydrogen-bond acceptors (Lipinski definition) is 6. The maximum atomic E-state index is 13.7. The normalized spacial score (nSPS) is 10.4. The van der Waals surface area contributed by atoms with Gasteiger partial charge >= 0.3 is 12.0 Å². The Morgan fingerprint density at radius 3 is 2.32 bits per heavy atom. The minimum absolute atomic E-state index is 0.00392. The predicted octanol–water partition coefficient (Wildman–Crippen LogP) is 5.48. The lowest BCUT2D eigenvalue weighted by atomic mass is 10.1. The lowest BCUT2D eigenvalue weighted by molar-refractivity contribution is -0.140. The van der Waals surface area contributed by atoms with E-state index >= 15 is 0 Å². The molecule has 10 heteroatoms. The molecule has 0 aliphatic carbocycles. The number of carbonyl (C=O) groups excluding carboxylic acids is 3. The zero-order chi connectivity index (χ0) is 26.2. The van der Waals surface area contributed by atoms with Crippen LogP contribution in [-0.4, -0.2) is 30.2 Å². The van der Waals surface area contributed by atoms with Crippen LogP contribution in [0.3, 0.4) is 0 Å². The highest BCUT2D eigenvalue weighted by atomic mass is 19.1. The Balaban J connectivity index is 1.38. The van der Waals surface area contributed by atoms with Gasteiger partial charge in [0.25, 0.3) is 5.91 Å². The number of methoxy groups -OCH3 is 1. The summed E-state index contributed by atoms with van der Waals surface area (Å²) in [5.74, 6) is -1.37. The number of nitrogens with one attached hydrogen (secondary N) is 3. The Hall–Kier alpha value is -4.99. The minimum Gasteiger partial charge on any atom is -0.469 e. The SMILES string of the molecule is COC(=O)CCc1ccccc1NC(=O)c1cc(-c2ccc(NC(=O)Nc3ccccc3F)cc2)no1. The Bertz CT molecular complexity index is 1420. The van der Waals surface area contributed by atoms with Crippen molar-refractivity contribution >= 4 is 35.0 Å². The number of amides is 3. The molecule has 0 radical (unpaired) electrons. The molecular weight excluding hydrogens is 479 g/mol. The molecule has 0 fully saturated rings. The standard InChI is InChI=1S/C27H23FN4O5/c1-36-25(33)15-12-17-6-2-4-8-21(17)30-26(34)24-16-23(32-37-24)18-10-13-19(14-11-18)29-27(35)31-22-9-5-3-7-20(22)28/h2-11,13-14,16H,12,15H2,1H3,(H,30,34)(H2,29,31,35). The first-order valence-corrected chi connectivity index (χ1v) is 11.3. The number of ether oxygens (including phenoxy) is 1. The Morgan fingerprint density at radius 2 is 1.59 bits per heavy atom. The van der Waals surface area contributed by atoms with Crippen LogP contribution in [0.5, 0.6) is 0 Å². The number of hydrogen-bond donors (Lipinski definition) is 3. The number of benzene rings is 3. The molecule has 1 heterocycles. The number of aromatic nitrogens is 1. The second kappa shape index (κ2) is 11.6. The van der Waals surface area contributed by atoms with Crippen LogP contribution in [0.15, 0.2) is 83.4 Å². The van der Waals surface area contributed by atoms with Crippen LogP contribution in [0.25, 0.3) is 11.3 Å². The van der Waals surface area contributed by atoms with Crippen LogP contribution >= 0.6 is 0 Å². The molecule has 0 unspecified atom stereocenters. The Labute approximate surface area is 211 Å². The molecule has 4 rings (SSSR count). The van der Waals surface area contributed by atoms with E-state index in [1.54, 1.807) is 42.5 Å². The zero-order valence-corrected chi connectivity index (χ0v) is 19.8. The molecule has 0 atom stereocenters. The van der Waals surface area contributed by atoms with E-state index in [1.165, 1.54) is 31.4 Å². The van der Waals surface area contributed by atoms with Crippen LogP contribution < -0.4 is 16.0 Å². The van der Waals surface area contributed by atoms with Crippen molar-refractivity contribution in [2.24, 2.45) is 0 Å². The fraction of sp³-hybridized carbons (Fsp3) is 0.111. The molecule has 0 aliphatic heterocycles. The van der Waals surface area contributed by atoms with E-state index in [9.17, 15) is 18.8 Å². The summed E-state index contributed by atoms with van der Waals surface area (Å²) in [6.45, 7) is 0. The molecule has 0 aliphatic rings. The quantitative estimate of drug-likeness (QED) is 0.274. The predicted molar refractivity (Wildman–Crippen MR) is 136 cm³/mol. The van der Waals surface area contributed by atoms with Gasteiger partial charge in [0.2, 0.25) is 5.76 Å². The molecular formula is C27H23FN4O5. The van der Waals surface area contributed by atoms with Crippen LogP contribution in [0, 0.1) is 5.82 Å². The second-order valence-corrected chi connectivity index (χ2v) is 7.90. The fourth-order valence-corrected chi connectivity index (χ4v) is 3.47. The van der Waals surface area contributed by atoms with Crippen molar-refractivity contribution in [2.75, 3.05) is 23.1 Å². The van der Waals surface area contributed by atoms with Gasteiger partial charge in [0, 0.05) is 29.4 Å². The van der Waals surface area contributed by atoms with Gasteiger partial charge in [-0.3, -0.25) is 9.59 Å². The number of para-hydroxylation sites is 2. The lowest BCUT2D eigenvalue weighted by Gasteiger charge is -2.09. The number of urea groups is 1. The molecule has 0 saturated carbocycles. The monoisotopic (exact) mass is 502 g/mol. The number of carbonyl (C=O) groups is 3. The molecule has 0 bridgehead atoms. The number of esters is 1. The second-order valence-electron chi connectivity index (χ2n) is 7.90. The van der Waals surface area contributed by atoms with E-state index in [1.807, 2.05) is 12.1 Å². The first-order chi connectivity index (χ1) is 17.9. The first-order valence-electron chi connectivity index (χ1n) is 11.3. The average Bonchev–Trinajstić information content (AvgIpc) is 3.40. The Kier molecular flexibility index (Phi) is 7.89. The van der Waals surface area contributed by atoms with Crippen molar-refractivity contribution in [3.63, 3.8) is 0 Å². The topological polar surface area (TPSA) is 123 Å². The Morgan fingerprint density at radius 1 is 0.892 bits per heavy atom. The van der Waals surface area contributed by atoms with E-state index in [4.69, 9.17) is 4.52 Å². The van der Waals surface area contributed by atoms with Crippen molar-refractivity contribution in [1.82, 2.24) is 5.16 Å². The summed E-state index contributed by atoms with van der Waals surface area (Å²) >= 11 is 0. The smallest absolute Gasteiger partial charge is 0.323 e. The van der Waals surface area contributed by atoms with Crippen molar-refractivity contribution in [3.8, 4) is 11.3 Å². The number of anilines is 3. The molecule has 3 amide bonds. The maximum Gasteiger partial charge on any atom is 0.323 e. The zero-order valence-electron chi connectivity index (χ0n) is 19.8. The summed E-state index contributed by atoms with van der Waals surface area (Å²) in [7, 11) is 1.33. The summed E-state index contributed by atoms with van der Waals surface area (Å²) < 4.78 is 23.6. The maximum absolute atomic E-state index is 13.7. The third-order valence-corrected chi connectivity index (χ3v) is 5.39. The van der Waals surface area contributed by atoms with E-state index in [2.05, 4.69) is 25.8 Å². The van der Waals surface area contributed by atoms with E-state index in [-0.39, 0.29) is 23.8 Å². The summed E-state index contributed by atoms with van der Waals surface area (Å²) in [4.78, 5) is 36.4. The van der Waals surface area contributed by atoms with E-state index in [0.717, 1.165) is 5.56 Å². The summed E-state index contributed by atoms with van der Waals surface area (Å²) in [5, 5.41) is 11.8. The first kappa shape index (κ1) is 25.1. The molecule has 0 saturated heterocycles. The van der Waals surface area contributed by atoms with Gasteiger partial charge in [-0.1, -0.05) is 47.6 Å². The highest BCUT2D eigenvalue weighted by Crippen LogP contribution is 2.23. The summed E-state index contributed by atoms with van der Waals surface area (Å²) in [6, 6.07) is 20.6. The van der Waals surface area contributed by atoms with Crippen molar-refractivity contribution < 1.29 is 28.0 Å². The van der Waals surface area contributed by atoms with Gasteiger partial charge in [-0.15, -0.1) is 0 Å². The van der Waals surface area contributed by atoms with Crippen LogP contribution in [0.4, 0.5) is 26.2 Å². The molecule has 188 valence electrons. The third-order valence-electron chi connectivity index (χ3n) is 5.39. The average molecular weight is 503 g/mol. The summed E-state index contributed by atoms with van der Waals surface area (Å²) in [5.41, 5.74) is 2.95. The van der Waals surface area contributed by atoms with Crippen molar-refractivity contribution in [1.29, 1.82) is 0 Å². The van der Waals surface area contributed by atoms with E-state index < -0.39 is 17.8 Å². The molecule has 9 nitrogen and oxygen atoms in total. The summed E-state index contributed by atoms with van der Waals surface area (Å²) in [6.07, 6.45) is 0.592. The van der Waals surface area contributed by atoms with Gasteiger partial charge in [0.05, 0.1) is 12.8 Å². The van der Waals surface area contributed by atoms with Crippen LogP contribution in [0.1, 0.15) is 22.5 Å². The number of rotatable bonds is 8. The van der Waals surface area contributed by atoms with Crippen molar-refractivity contribution in [2.45, 2.75) is 12.8 Å². The minimum atomic E-state index is -0.592. The molecule has 3 aromatic carbocycles. The highest BCUT2D eigenvalue weighted by molar-refractivity contribution is 6.03.